The minimum atomic E-state index is 0.00952. The first-order chi connectivity index (χ1) is 13.1. The third kappa shape index (κ3) is 2.81. The lowest BCUT2D eigenvalue weighted by atomic mass is 9.80. The summed E-state index contributed by atoms with van der Waals surface area (Å²) in [5, 5.41) is 7.70. The van der Waals surface area contributed by atoms with Gasteiger partial charge in [0, 0.05) is 23.3 Å². The van der Waals surface area contributed by atoms with Gasteiger partial charge in [-0.1, -0.05) is 6.07 Å². The summed E-state index contributed by atoms with van der Waals surface area (Å²) < 4.78 is 2.70. The molecule has 3 aromatic rings. The fourth-order valence-electron chi connectivity index (χ4n) is 4.26. The number of amides is 2. The van der Waals surface area contributed by atoms with E-state index in [1.54, 1.807) is 6.20 Å². The van der Waals surface area contributed by atoms with Crippen LogP contribution in [-0.4, -0.2) is 37.6 Å². The molecule has 2 unspecified atom stereocenters. The molecule has 138 valence electrons. The third-order valence-corrected chi connectivity index (χ3v) is 6.32. The zero-order chi connectivity index (χ0) is 18.5. The minimum absolute atomic E-state index is 0.00952. The standard InChI is InChI=1S/C20H20BrN5O/c1-12-5-6-13(23-20(27)25-14-3-2-4-15(25)10-14)9-17(12)19-22-11-16-7-8-18(21)26(16)24-19/h5-9,11,14-15H,2-4,10H2,1H3,(H,23,27). The molecule has 0 saturated carbocycles. The largest absolute Gasteiger partial charge is 0.322 e. The van der Waals surface area contributed by atoms with E-state index in [1.807, 2.05) is 46.7 Å². The van der Waals surface area contributed by atoms with Gasteiger partial charge in [0.1, 0.15) is 4.60 Å². The molecule has 27 heavy (non-hydrogen) atoms. The summed E-state index contributed by atoms with van der Waals surface area (Å²) in [5.41, 5.74) is 3.69. The Morgan fingerprint density at radius 2 is 2.04 bits per heavy atom. The number of halogens is 1. The van der Waals surface area contributed by atoms with Gasteiger partial charge in [0.25, 0.3) is 0 Å². The number of nitrogens with zero attached hydrogens (tertiary/aromatic N) is 4. The molecule has 0 spiro atoms. The SMILES string of the molecule is Cc1ccc(NC(=O)N2C3CCCC2C3)cc1-c1ncc2ccc(Br)n2n1. The van der Waals surface area contributed by atoms with Crippen LogP contribution in [0.15, 0.2) is 41.1 Å². The summed E-state index contributed by atoms with van der Waals surface area (Å²) >= 11 is 3.50. The topological polar surface area (TPSA) is 62.5 Å². The molecule has 6 nitrogen and oxygen atoms in total. The zero-order valence-corrected chi connectivity index (χ0v) is 16.6. The van der Waals surface area contributed by atoms with Crippen LogP contribution in [0.25, 0.3) is 16.9 Å². The van der Waals surface area contributed by atoms with Gasteiger partial charge in [0.2, 0.25) is 0 Å². The maximum Gasteiger partial charge on any atom is 0.322 e. The lowest BCUT2D eigenvalue weighted by Gasteiger charge is -2.52. The van der Waals surface area contributed by atoms with E-state index < -0.39 is 0 Å². The van der Waals surface area contributed by atoms with Gasteiger partial charge < -0.3 is 10.2 Å². The molecule has 1 N–H and O–H groups in total. The van der Waals surface area contributed by atoms with E-state index in [9.17, 15) is 4.79 Å². The number of urea groups is 1. The van der Waals surface area contributed by atoms with Crippen molar-refractivity contribution in [3.63, 3.8) is 0 Å². The van der Waals surface area contributed by atoms with Crippen LogP contribution in [0.4, 0.5) is 10.5 Å². The maximum absolute atomic E-state index is 12.7. The van der Waals surface area contributed by atoms with Crippen molar-refractivity contribution in [3.8, 4) is 11.4 Å². The Balaban J connectivity index is 1.43. The van der Waals surface area contributed by atoms with E-state index >= 15 is 0 Å². The first kappa shape index (κ1) is 16.7. The molecule has 7 heteroatoms. The van der Waals surface area contributed by atoms with Crippen molar-refractivity contribution in [2.24, 2.45) is 0 Å². The van der Waals surface area contributed by atoms with Crippen LogP contribution in [0.3, 0.4) is 0 Å². The summed E-state index contributed by atoms with van der Waals surface area (Å²) in [6.45, 7) is 2.03. The first-order valence-electron chi connectivity index (χ1n) is 9.31. The van der Waals surface area contributed by atoms with Gasteiger partial charge >= 0.3 is 6.03 Å². The highest BCUT2D eigenvalue weighted by Crippen LogP contribution is 2.38. The molecule has 2 atom stereocenters. The second-order valence-corrected chi connectivity index (χ2v) is 8.23. The maximum atomic E-state index is 12.7. The van der Waals surface area contributed by atoms with Crippen LogP contribution >= 0.6 is 15.9 Å². The number of carbonyl (C=O) groups is 1. The van der Waals surface area contributed by atoms with Gasteiger partial charge in [-0.25, -0.2) is 14.3 Å². The highest BCUT2D eigenvalue weighted by atomic mass is 79.9. The molecule has 2 bridgehead atoms. The average Bonchev–Trinajstić information content (AvgIpc) is 3.04. The molecular formula is C20H20BrN5O. The van der Waals surface area contributed by atoms with Gasteiger partial charge in [0.15, 0.2) is 5.82 Å². The number of piperidine rings is 1. The molecule has 0 aliphatic carbocycles. The molecule has 2 aromatic heterocycles. The second kappa shape index (κ2) is 6.34. The Morgan fingerprint density at radius 3 is 2.81 bits per heavy atom. The van der Waals surface area contributed by atoms with Crippen LogP contribution in [0.5, 0.6) is 0 Å². The van der Waals surface area contributed by atoms with Crippen molar-refractivity contribution in [3.05, 3.63) is 46.7 Å². The molecule has 2 amide bonds. The van der Waals surface area contributed by atoms with E-state index in [1.165, 1.54) is 6.42 Å². The molecule has 1 aromatic carbocycles. The Kier molecular flexibility index (Phi) is 3.93. The predicted molar refractivity (Wildman–Crippen MR) is 108 cm³/mol. The zero-order valence-electron chi connectivity index (χ0n) is 15.0. The van der Waals surface area contributed by atoms with E-state index in [4.69, 9.17) is 0 Å². The number of rotatable bonds is 2. The van der Waals surface area contributed by atoms with Gasteiger partial charge in [-0.05, 0) is 78.4 Å². The molecule has 2 aliphatic heterocycles. The van der Waals surface area contributed by atoms with Gasteiger partial charge in [-0.15, -0.1) is 5.10 Å². The fourth-order valence-corrected chi connectivity index (χ4v) is 4.67. The number of hydrogen-bond donors (Lipinski definition) is 1. The smallest absolute Gasteiger partial charge is 0.318 e. The van der Waals surface area contributed by atoms with E-state index in [-0.39, 0.29) is 6.03 Å². The van der Waals surface area contributed by atoms with Crippen LogP contribution in [0.1, 0.15) is 31.2 Å². The monoisotopic (exact) mass is 425 g/mol. The Morgan fingerprint density at radius 1 is 1.22 bits per heavy atom. The summed E-state index contributed by atoms with van der Waals surface area (Å²) in [4.78, 5) is 19.2. The van der Waals surface area contributed by atoms with Crippen molar-refractivity contribution in [1.29, 1.82) is 0 Å². The first-order valence-corrected chi connectivity index (χ1v) is 10.1. The quantitative estimate of drug-likeness (QED) is 0.650. The minimum Gasteiger partial charge on any atom is -0.318 e. The Bertz CT molecular complexity index is 1030. The number of aryl methyl sites for hydroxylation is 1. The van der Waals surface area contributed by atoms with E-state index in [2.05, 4.69) is 31.3 Å². The van der Waals surface area contributed by atoms with Crippen LogP contribution in [0, 0.1) is 6.92 Å². The van der Waals surface area contributed by atoms with Crippen molar-refractivity contribution in [2.75, 3.05) is 5.32 Å². The normalized spacial score (nSPS) is 21.2. The molecule has 2 fully saturated rings. The summed E-state index contributed by atoms with van der Waals surface area (Å²) in [5.74, 6) is 0.633. The van der Waals surface area contributed by atoms with Gasteiger partial charge in [0.05, 0.1) is 11.7 Å². The molecular weight excluding hydrogens is 406 g/mol. The van der Waals surface area contributed by atoms with Crippen LogP contribution in [0.2, 0.25) is 0 Å². The van der Waals surface area contributed by atoms with Crippen LogP contribution in [-0.2, 0) is 0 Å². The second-order valence-electron chi connectivity index (χ2n) is 7.42. The number of aromatic nitrogens is 3. The highest BCUT2D eigenvalue weighted by molar-refractivity contribution is 9.10. The summed E-state index contributed by atoms with van der Waals surface area (Å²) in [6, 6.07) is 10.7. The fraction of sp³-hybridized carbons (Fsp3) is 0.350. The highest BCUT2D eigenvalue weighted by Gasteiger charge is 2.44. The summed E-state index contributed by atoms with van der Waals surface area (Å²) in [7, 11) is 0. The number of fused-ring (bicyclic) bond motifs is 3. The van der Waals surface area contributed by atoms with Crippen LogP contribution < -0.4 is 5.32 Å². The number of nitrogens with one attached hydrogen (secondary N) is 1. The molecule has 0 radical (unpaired) electrons. The number of anilines is 1. The van der Waals surface area contributed by atoms with Crippen molar-refractivity contribution in [1.82, 2.24) is 19.5 Å². The predicted octanol–water partition coefficient (Wildman–Crippen LogP) is 4.63. The molecule has 4 heterocycles. The Hall–Kier alpha value is -2.41. The van der Waals surface area contributed by atoms with Crippen molar-refractivity contribution in [2.45, 2.75) is 44.7 Å². The number of hydrogen-bond acceptors (Lipinski definition) is 3. The number of benzene rings is 1. The number of carbonyl (C=O) groups excluding carboxylic acids is 1. The van der Waals surface area contributed by atoms with E-state index in [0.29, 0.717) is 17.9 Å². The van der Waals surface area contributed by atoms with Gasteiger partial charge in [-0.3, -0.25) is 0 Å². The lowest BCUT2D eigenvalue weighted by Crippen LogP contribution is -2.62. The Labute approximate surface area is 165 Å². The van der Waals surface area contributed by atoms with Crippen molar-refractivity contribution < 1.29 is 4.79 Å². The molecule has 5 rings (SSSR count). The molecule has 2 saturated heterocycles. The molecule has 2 aliphatic rings. The van der Waals surface area contributed by atoms with Crippen molar-refractivity contribution >= 4 is 33.2 Å². The lowest BCUT2D eigenvalue weighted by molar-refractivity contribution is 0.0173. The summed E-state index contributed by atoms with van der Waals surface area (Å²) in [6.07, 6.45) is 6.46. The average molecular weight is 426 g/mol. The van der Waals surface area contributed by atoms with E-state index in [0.717, 1.165) is 46.2 Å². The third-order valence-electron chi connectivity index (χ3n) is 5.72. The van der Waals surface area contributed by atoms with Gasteiger partial charge in [-0.2, -0.15) is 0 Å².